The summed E-state index contributed by atoms with van der Waals surface area (Å²) in [6.07, 6.45) is 1.84. The van der Waals surface area contributed by atoms with Crippen LogP contribution in [0.2, 0.25) is 0 Å². The number of benzene rings is 2. The van der Waals surface area contributed by atoms with Crippen LogP contribution in [-0.4, -0.2) is 21.4 Å². The molecule has 0 saturated heterocycles. The van der Waals surface area contributed by atoms with Crippen LogP contribution in [-0.2, 0) is 11.8 Å². The molecule has 4 N–H and O–H groups in total. The summed E-state index contributed by atoms with van der Waals surface area (Å²) in [7, 11) is 1.83. The Hall–Kier alpha value is -2.93. The summed E-state index contributed by atoms with van der Waals surface area (Å²) >= 11 is 3.42. The number of nitrogens with two attached hydrogens (primary N) is 1. The molecule has 126 valence electrons. The lowest BCUT2D eigenvalue weighted by atomic mass is 10.0. The molecule has 3 aromatic rings. The quantitative estimate of drug-likeness (QED) is 0.575. The molecule has 0 fully saturated rings. The summed E-state index contributed by atoms with van der Waals surface area (Å²) in [5.74, 6) is -0.782. The number of primary amides is 1. The van der Waals surface area contributed by atoms with E-state index in [9.17, 15) is 4.79 Å². The van der Waals surface area contributed by atoms with Gasteiger partial charge in [0.05, 0.1) is 5.69 Å². The normalized spacial score (nSPS) is 10.5. The summed E-state index contributed by atoms with van der Waals surface area (Å²) in [6, 6.07) is 14.9. The van der Waals surface area contributed by atoms with Crippen LogP contribution in [0.1, 0.15) is 5.56 Å². The Bertz CT molecular complexity index is 964. The highest BCUT2D eigenvalue weighted by atomic mass is 79.9. The lowest BCUT2D eigenvalue weighted by Crippen LogP contribution is -2.24. The number of carbonyl (C=O) groups excluding carboxylic acids is 1. The van der Waals surface area contributed by atoms with Crippen molar-refractivity contribution < 1.29 is 4.79 Å². The van der Waals surface area contributed by atoms with E-state index in [1.54, 1.807) is 10.7 Å². The first-order chi connectivity index (χ1) is 11.9. The topological polar surface area (TPSA) is 96.8 Å². The molecule has 0 aliphatic rings. The van der Waals surface area contributed by atoms with E-state index in [-0.39, 0.29) is 5.71 Å². The molecule has 1 aromatic heterocycles. The number of nitrogens with one attached hydrogen (secondary N) is 2. The highest BCUT2D eigenvalue weighted by molar-refractivity contribution is 9.10. The summed E-state index contributed by atoms with van der Waals surface area (Å²) in [5.41, 5.74) is 8.53. The van der Waals surface area contributed by atoms with Gasteiger partial charge in [0.1, 0.15) is 5.71 Å². The molecule has 0 spiro atoms. The number of aromatic nitrogens is 2. The van der Waals surface area contributed by atoms with Gasteiger partial charge in [-0.2, -0.15) is 5.10 Å². The Morgan fingerprint density at radius 3 is 2.68 bits per heavy atom. The van der Waals surface area contributed by atoms with Gasteiger partial charge in [0.15, 0.2) is 0 Å². The summed E-state index contributed by atoms with van der Waals surface area (Å²) in [6.45, 7) is 0. The summed E-state index contributed by atoms with van der Waals surface area (Å²) in [5, 5.41) is 15.6. The molecule has 0 bridgehead atoms. The zero-order chi connectivity index (χ0) is 18.0. The van der Waals surface area contributed by atoms with E-state index in [1.165, 1.54) is 0 Å². The molecular weight excluding hydrogens is 382 g/mol. The van der Waals surface area contributed by atoms with Crippen LogP contribution in [0, 0.1) is 5.41 Å². The third kappa shape index (κ3) is 3.77. The van der Waals surface area contributed by atoms with Crippen LogP contribution < -0.4 is 11.1 Å². The number of rotatable bonds is 5. The minimum Gasteiger partial charge on any atom is -0.364 e. The predicted molar refractivity (Wildman–Crippen MR) is 102 cm³/mol. The van der Waals surface area contributed by atoms with E-state index < -0.39 is 5.91 Å². The molecule has 7 heteroatoms. The Morgan fingerprint density at radius 2 is 2.04 bits per heavy atom. The van der Waals surface area contributed by atoms with E-state index in [0.29, 0.717) is 11.3 Å². The Morgan fingerprint density at radius 1 is 1.24 bits per heavy atom. The smallest absolute Gasteiger partial charge is 0.267 e. The van der Waals surface area contributed by atoms with Gasteiger partial charge in [0.2, 0.25) is 0 Å². The molecule has 1 heterocycles. The van der Waals surface area contributed by atoms with E-state index in [4.69, 9.17) is 11.1 Å². The molecule has 0 unspecified atom stereocenters. The van der Waals surface area contributed by atoms with Gasteiger partial charge in [-0.05, 0) is 36.4 Å². The maximum atomic E-state index is 11.6. The SMILES string of the molecule is Cn1ccc(-c2ccc(Nc3cccc(Br)c3)c(C(=N)C(N)=O)c2)n1. The minimum absolute atomic E-state index is 0.254. The first-order valence-corrected chi connectivity index (χ1v) is 8.29. The van der Waals surface area contributed by atoms with Crippen molar-refractivity contribution in [2.45, 2.75) is 0 Å². The lowest BCUT2D eigenvalue weighted by molar-refractivity contribution is -0.112. The largest absolute Gasteiger partial charge is 0.364 e. The van der Waals surface area contributed by atoms with Crippen LogP contribution in [0.4, 0.5) is 11.4 Å². The number of nitrogens with zero attached hydrogens (tertiary/aromatic N) is 2. The fourth-order valence-electron chi connectivity index (χ4n) is 2.44. The molecule has 1 amide bonds. The van der Waals surface area contributed by atoms with Crippen molar-refractivity contribution in [2.24, 2.45) is 12.8 Å². The number of carbonyl (C=O) groups is 1. The number of amides is 1. The molecule has 3 rings (SSSR count). The molecule has 25 heavy (non-hydrogen) atoms. The van der Waals surface area contributed by atoms with Gasteiger partial charge in [-0.25, -0.2) is 0 Å². The fraction of sp³-hybridized carbons (Fsp3) is 0.0556. The molecule has 2 aromatic carbocycles. The summed E-state index contributed by atoms with van der Waals surface area (Å²) in [4.78, 5) is 11.6. The van der Waals surface area contributed by atoms with Crippen molar-refractivity contribution in [3.63, 3.8) is 0 Å². The highest BCUT2D eigenvalue weighted by Crippen LogP contribution is 2.28. The first-order valence-electron chi connectivity index (χ1n) is 7.49. The highest BCUT2D eigenvalue weighted by Gasteiger charge is 2.15. The van der Waals surface area contributed by atoms with Crippen LogP contribution in [0.3, 0.4) is 0 Å². The molecule has 6 nitrogen and oxygen atoms in total. The first kappa shape index (κ1) is 16.9. The Labute approximate surface area is 153 Å². The molecule has 0 radical (unpaired) electrons. The zero-order valence-electron chi connectivity index (χ0n) is 13.5. The molecule has 0 saturated carbocycles. The van der Waals surface area contributed by atoms with Gasteiger partial charge < -0.3 is 11.1 Å². The van der Waals surface area contributed by atoms with E-state index in [2.05, 4.69) is 26.3 Å². The van der Waals surface area contributed by atoms with Gasteiger partial charge in [0, 0.05) is 40.2 Å². The molecular formula is C18H16BrN5O. The van der Waals surface area contributed by atoms with Crippen molar-refractivity contribution in [1.29, 1.82) is 5.41 Å². The van der Waals surface area contributed by atoms with Crippen molar-refractivity contribution in [1.82, 2.24) is 9.78 Å². The number of aryl methyl sites for hydroxylation is 1. The third-order valence-electron chi connectivity index (χ3n) is 3.65. The van der Waals surface area contributed by atoms with Crippen molar-refractivity contribution in [3.05, 3.63) is 64.8 Å². The van der Waals surface area contributed by atoms with Crippen molar-refractivity contribution in [2.75, 3.05) is 5.32 Å². The standard InChI is InChI=1S/C18H16BrN5O/c1-24-8-7-15(23-24)11-5-6-16(14(9-11)17(20)18(21)25)22-13-4-2-3-12(19)10-13/h2-10,20,22H,1H3,(H2,21,25). The van der Waals surface area contributed by atoms with E-state index >= 15 is 0 Å². The Balaban J connectivity index is 2.05. The van der Waals surface area contributed by atoms with Gasteiger partial charge in [-0.3, -0.25) is 14.9 Å². The minimum atomic E-state index is -0.782. The number of anilines is 2. The number of halogens is 1. The second kappa shape index (κ2) is 6.90. The van der Waals surface area contributed by atoms with Gasteiger partial charge in [0.25, 0.3) is 5.91 Å². The third-order valence-corrected chi connectivity index (χ3v) is 4.14. The molecule has 0 aliphatic carbocycles. The summed E-state index contributed by atoms with van der Waals surface area (Å²) < 4.78 is 2.62. The van der Waals surface area contributed by atoms with Crippen LogP contribution in [0.25, 0.3) is 11.3 Å². The van der Waals surface area contributed by atoms with E-state index in [0.717, 1.165) is 21.4 Å². The Kier molecular flexibility index (Phi) is 4.67. The number of hydrogen-bond donors (Lipinski definition) is 3. The van der Waals surface area contributed by atoms with Gasteiger partial charge >= 0.3 is 0 Å². The second-order valence-electron chi connectivity index (χ2n) is 5.51. The monoisotopic (exact) mass is 397 g/mol. The van der Waals surface area contributed by atoms with E-state index in [1.807, 2.05) is 55.7 Å². The van der Waals surface area contributed by atoms with Crippen molar-refractivity contribution >= 4 is 38.9 Å². The van der Waals surface area contributed by atoms with Crippen molar-refractivity contribution in [3.8, 4) is 11.3 Å². The number of hydrogen-bond acceptors (Lipinski definition) is 4. The van der Waals surface area contributed by atoms with Gasteiger partial charge in [-0.15, -0.1) is 0 Å². The van der Waals surface area contributed by atoms with Crippen LogP contribution >= 0.6 is 15.9 Å². The molecule has 0 atom stereocenters. The fourth-order valence-corrected chi connectivity index (χ4v) is 2.84. The van der Waals surface area contributed by atoms with Crippen LogP contribution in [0.5, 0.6) is 0 Å². The second-order valence-corrected chi connectivity index (χ2v) is 6.43. The molecule has 0 aliphatic heterocycles. The predicted octanol–water partition coefficient (Wildman–Crippen LogP) is 3.45. The lowest BCUT2D eigenvalue weighted by Gasteiger charge is -2.13. The average Bonchev–Trinajstić information content (AvgIpc) is 3.01. The van der Waals surface area contributed by atoms with Gasteiger partial charge in [-0.1, -0.05) is 28.1 Å². The maximum absolute atomic E-state index is 11.6. The zero-order valence-corrected chi connectivity index (χ0v) is 15.0. The average molecular weight is 398 g/mol. The maximum Gasteiger partial charge on any atom is 0.267 e. The van der Waals surface area contributed by atoms with Crippen LogP contribution in [0.15, 0.2) is 59.2 Å².